The van der Waals surface area contributed by atoms with Crippen molar-refractivity contribution in [2.24, 2.45) is 5.41 Å². The summed E-state index contributed by atoms with van der Waals surface area (Å²) in [5.41, 5.74) is -0.0548. The zero-order valence-corrected chi connectivity index (χ0v) is 16.7. The zero-order chi connectivity index (χ0) is 17.6. The van der Waals surface area contributed by atoms with E-state index >= 15 is 0 Å². The molecule has 0 aromatic rings. The first kappa shape index (κ1) is 22.9. The number of ether oxygens (including phenoxy) is 3. The van der Waals surface area contributed by atoms with Gasteiger partial charge in [-0.1, -0.05) is 78.6 Å². The molecule has 0 heterocycles. The third kappa shape index (κ3) is 6.72. The van der Waals surface area contributed by atoms with Gasteiger partial charge in [-0.15, -0.1) is 0 Å². The first-order valence-electron chi connectivity index (χ1n) is 9.77. The Balaban J connectivity index is 5.00. The highest BCUT2D eigenvalue weighted by molar-refractivity contribution is 4.88. The third-order valence-electron chi connectivity index (χ3n) is 5.20. The number of hydrogen-bond donors (Lipinski definition) is 0. The van der Waals surface area contributed by atoms with Gasteiger partial charge in [0.2, 0.25) is 0 Å². The molecule has 0 aliphatic carbocycles. The molecule has 0 N–H and O–H groups in total. The zero-order valence-electron chi connectivity index (χ0n) is 16.7. The van der Waals surface area contributed by atoms with E-state index in [1.165, 1.54) is 51.4 Å². The lowest BCUT2D eigenvalue weighted by Gasteiger charge is -2.47. The molecule has 0 saturated carbocycles. The van der Waals surface area contributed by atoms with E-state index in [1.54, 1.807) is 21.3 Å². The number of unbranched alkanes of at least 4 members (excludes halogenated alkanes) is 6. The van der Waals surface area contributed by atoms with Crippen molar-refractivity contribution in [2.45, 2.75) is 104 Å². The van der Waals surface area contributed by atoms with Crippen LogP contribution in [0.5, 0.6) is 0 Å². The molecule has 0 saturated heterocycles. The van der Waals surface area contributed by atoms with Gasteiger partial charge in [0.15, 0.2) is 0 Å². The molecule has 0 amide bonds. The van der Waals surface area contributed by atoms with Crippen molar-refractivity contribution in [3.8, 4) is 0 Å². The Kier molecular flexibility index (Phi) is 13.1. The molecule has 0 rings (SSSR count). The van der Waals surface area contributed by atoms with E-state index in [0.717, 1.165) is 25.7 Å². The summed E-state index contributed by atoms with van der Waals surface area (Å²) in [6, 6.07) is 0. The van der Waals surface area contributed by atoms with Crippen molar-refractivity contribution in [1.29, 1.82) is 0 Å². The molecule has 1 atom stereocenters. The van der Waals surface area contributed by atoms with Crippen molar-refractivity contribution in [3.05, 3.63) is 0 Å². The second kappa shape index (κ2) is 13.2. The van der Waals surface area contributed by atoms with Crippen LogP contribution >= 0.6 is 0 Å². The van der Waals surface area contributed by atoms with Gasteiger partial charge in [0.1, 0.15) is 0 Å². The molecule has 0 spiro atoms. The highest BCUT2D eigenvalue weighted by atomic mass is 16.9. The lowest BCUT2D eigenvalue weighted by Crippen LogP contribution is -2.53. The summed E-state index contributed by atoms with van der Waals surface area (Å²) in [6.07, 6.45) is 14.7. The Hall–Kier alpha value is -0.120. The van der Waals surface area contributed by atoms with Crippen molar-refractivity contribution in [1.82, 2.24) is 0 Å². The Labute approximate surface area is 145 Å². The van der Waals surface area contributed by atoms with Gasteiger partial charge < -0.3 is 14.2 Å². The molecule has 23 heavy (non-hydrogen) atoms. The molecule has 3 nitrogen and oxygen atoms in total. The molecule has 0 radical (unpaired) electrons. The van der Waals surface area contributed by atoms with Crippen molar-refractivity contribution in [3.63, 3.8) is 0 Å². The van der Waals surface area contributed by atoms with E-state index < -0.39 is 5.97 Å². The summed E-state index contributed by atoms with van der Waals surface area (Å²) in [6.45, 7) is 6.75. The molecular formula is C20H42O3. The van der Waals surface area contributed by atoms with Crippen LogP contribution in [0.25, 0.3) is 0 Å². The third-order valence-corrected chi connectivity index (χ3v) is 5.20. The topological polar surface area (TPSA) is 27.7 Å². The van der Waals surface area contributed by atoms with E-state index in [9.17, 15) is 0 Å². The average molecular weight is 331 g/mol. The maximum Gasteiger partial charge on any atom is 0.288 e. The van der Waals surface area contributed by atoms with Gasteiger partial charge in [-0.05, 0) is 19.3 Å². The average Bonchev–Trinajstić information content (AvgIpc) is 2.58. The molecule has 0 aliphatic heterocycles. The van der Waals surface area contributed by atoms with E-state index in [1.807, 2.05) is 0 Å². The summed E-state index contributed by atoms with van der Waals surface area (Å²) in [5, 5.41) is 0. The van der Waals surface area contributed by atoms with Crippen molar-refractivity contribution >= 4 is 0 Å². The first-order chi connectivity index (χ1) is 11.1. The Morgan fingerprint density at radius 2 is 1.00 bits per heavy atom. The van der Waals surface area contributed by atoms with Crippen LogP contribution in [0, 0.1) is 5.41 Å². The van der Waals surface area contributed by atoms with Gasteiger partial charge in [-0.2, -0.15) is 0 Å². The van der Waals surface area contributed by atoms with E-state index in [-0.39, 0.29) is 5.41 Å². The first-order valence-corrected chi connectivity index (χ1v) is 9.77. The van der Waals surface area contributed by atoms with E-state index in [2.05, 4.69) is 20.8 Å². The predicted molar refractivity (Wildman–Crippen MR) is 98.6 cm³/mol. The fraction of sp³-hybridized carbons (Fsp3) is 1.00. The van der Waals surface area contributed by atoms with Crippen molar-refractivity contribution in [2.75, 3.05) is 21.3 Å². The van der Waals surface area contributed by atoms with Crippen LogP contribution in [0.15, 0.2) is 0 Å². The van der Waals surface area contributed by atoms with Gasteiger partial charge >= 0.3 is 0 Å². The molecule has 140 valence electrons. The summed E-state index contributed by atoms with van der Waals surface area (Å²) in [4.78, 5) is 0. The fourth-order valence-electron chi connectivity index (χ4n) is 3.97. The molecule has 3 heteroatoms. The van der Waals surface area contributed by atoms with Crippen LogP contribution in [0.4, 0.5) is 0 Å². The second-order valence-corrected chi connectivity index (χ2v) is 6.82. The summed E-state index contributed by atoms with van der Waals surface area (Å²) in [5.74, 6) is -0.915. The molecule has 0 aliphatic rings. The Morgan fingerprint density at radius 1 is 0.522 bits per heavy atom. The molecule has 0 bridgehead atoms. The van der Waals surface area contributed by atoms with Crippen molar-refractivity contribution < 1.29 is 14.2 Å². The molecular weight excluding hydrogens is 288 g/mol. The Bertz CT molecular complexity index is 255. The molecule has 0 aromatic heterocycles. The summed E-state index contributed by atoms with van der Waals surface area (Å²) < 4.78 is 17.4. The maximum absolute atomic E-state index is 5.80. The predicted octanol–water partition coefficient (Wildman–Crippen LogP) is 6.31. The van der Waals surface area contributed by atoms with Gasteiger partial charge in [0.05, 0.1) is 5.41 Å². The minimum atomic E-state index is -0.915. The molecule has 1 unspecified atom stereocenters. The number of methoxy groups -OCH3 is 3. The number of hydrogen-bond acceptors (Lipinski definition) is 3. The van der Waals surface area contributed by atoms with Crippen LogP contribution < -0.4 is 0 Å². The lowest BCUT2D eigenvalue weighted by molar-refractivity contribution is -0.411. The quantitative estimate of drug-likeness (QED) is 0.245. The van der Waals surface area contributed by atoms with Crippen LogP contribution in [0.1, 0.15) is 97.8 Å². The van der Waals surface area contributed by atoms with Crippen LogP contribution in [-0.2, 0) is 14.2 Å². The summed E-state index contributed by atoms with van der Waals surface area (Å²) >= 11 is 0. The molecule has 0 aromatic carbocycles. The lowest BCUT2D eigenvalue weighted by atomic mass is 9.72. The SMILES string of the molecule is CCCCCCCCC(CCC)(CCCC)C(OC)(OC)OC. The number of rotatable bonds is 16. The largest absolute Gasteiger partial charge is 0.330 e. The van der Waals surface area contributed by atoms with E-state index in [4.69, 9.17) is 14.2 Å². The van der Waals surface area contributed by atoms with Crippen LogP contribution in [0.2, 0.25) is 0 Å². The maximum atomic E-state index is 5.80. The van der Waals surface area contributed by atoms with Gasteiger partial charge in [-0.25, -0.2) is 0 Å². The smallest absolute Gasteiger partial charge is 0.288 e. The normalized spacial score (nSPS) is 14.9. The van der Waals surface area contributed by atoms with Crippen LogP contribution in [-0.4, -0.2) is 27.3 Å². The summed E-state index contributed by atoms with van der Waals surface area (Å²) in [7, 11) is 5.14. The van der Waals surface area contributed by atoms with E-state index in [0.29, 0.717) is 0 Å². The fourth-order valence-corrected chi connectivity index (χ4v) is 3.97. The second-order valence-electron chi connectivity index (χ2n) is 6.82. The van der Waals surface area contributed by atoms with Crippen LogP contribution in [0.3, 0.4) is 0 Å². The standard InChI is InChI=1S/C20H42O3/c1-7-10-12-13-14-15-18-19(16-9-3,17-11-8-2)20(21-4,22-5)23-6/h7-18H2,1-6H3. The minimum absolute atomic E-state index is 0.0548. The van der Waals surface area contributed by atoms with Gasteiger partial charge in [0, 0.05) is 21.3 Å². The van der Waals surface area contributed by atoms with Gasteiger partial charge in [0.25, 0.3) is 5.97 Å². The minimum Gasteiger partial charge on any atom is -0.330 e. The molecule has 0 fully saturated rings. The highest BCUT2D eigenvalue weighted by Gasteiger charge is 2.52. The monoisotopic (exact) mass is 330 g/mol. The Morgan fingerprint density at radius 3 is 1.48 bits per heavy atom. The van der Waals surface area contributed by atoms with Gasteiger partial charge in [-0.3, -0.25) is 0 Å². The highest BCUT2D eigenvalue weighted by Crippen LogP contribution is 2.48.